The molecule has 0 amide bonds. The van der Waals surface area contributed by atoms with Crippen molar-refractivity contribution in [2.45, 2.75) is 70.1 Å². The van der Waals surface area contributed by atoms with Crippen molar-refractivity contribution < 1.29 is 0 Å². The summed E-state index contributed by atoms with van der Waals surface area (Å²) in [7, 11) is 0. The van der Waals surface area contributed by atoms with E-state index in [1.165, 1.54) is 49.8 Å². The van der Waals surface area contributed by atoms with Crippen LogP contribution in [0.1, 0.15) is 79.8 Å². The lowest BCUT2D eigenvalue weighted by Crippen LogP contribution is -2.14. The number of hydrogen-bond donors (Lipinski definition) is 0. The molecule has 0 N–H and O–H groups in total. The molecule has 4 heteroatoms. The average molecular weight is 332 g/mol. The normalized spacial score (nSPS) is 18.2. The van der Waals surface area contributed by atoms with E-state index in [4.69, 9.17) is 4.98 Å². The molecule has 4 rings (SSSR count). The standard InChI is InChI=1S/C21H24N4/c22-13-17-20(19-11-12-23-14-24-19)16-9-5-2-6-10-18(16)25-21(17)15-7-3-1-4-8-15/h11-12,14-15H,1-10H2. The van der Waals surface area contributed by atoms with Crippen LogP contribution in [0.4, 0.5) is 0 Å². The zero-order chi connectivity index (χ0) is 17.1. The van der Waals surface area contributed by atoms with Crippen LogP contribution in [-0.4, -0.2) is 15.0 Å². The fraction of sp³-hybridized carbons (Fsp3) is 0.524. The van der Waals surface area contributed by atoms with Crippen molar-refractivity contribution in [1.29, 1.82) is 5.26 Å². The lowest BCUT2D eigenvalue weighted by molar-refractivity contribution is 0.435. The van der Waals surface area contributed by atoms with Crippen LogP contribution in [-0.2, 0) is 12.8 Å². The largest absolute Gasteiger partial charge is 0.256 e. The summed E-state index contributed by atoms with van der Waals surface area (Å²) in [6.07, 6.45) is 15.1. The molecule has 0 bridgehead atoms. The van der Waals surface area contributed by atoms with Gasteiger partial charge in [0.2, 0.25) is 0 Å². The molecule has 128 valence electrons. The van der Waals surface area contributed by atoms with Crippen LogP contribution in [0.15, 0.2) is 18.6 Å². The number of pyridine rings is 1. The topological polar surface area (TPSA) is 62.5 Å². The third-order valence-corrected chi connectivity index (χ3v) is 5.69. The summed E-state index contributed by atoms with van der Waals surface area (Å²) in [5.74, 6) is 0.428. The first kappa shape index (κ1) is 16.2. The van der Waals surface area contributed by atoms with Crippen LogP contribution in [0.2, 0.25) is 0 Å². The molecular formula is C21H24N4. The predicted octanol–water partition coefficient (Wildman–Crippen LogP) is 4.73. The zero-order valence-corrected chi connectivity index (χ0v) is 14.7. The van der Waals surface area contributed by atoms with Crippen LogP contribution in [0, 0.1) is 11.3 Å². The van der Waals surface area contributed by atoms with Gasteiger partial charge in [-0.2, -0.15) is 5.26 Å². The second kappa shape index (κ2) is 7.31. The van der Waals surface area contributed by atoms with E-state index in [0.29, 0.717) is 5.92 Å². The Kier molecular flexibility index (Phi) is 4.74. The molecule has 25 heavy (non-hydrogen) atoms. The molecule has 0 saturated heterocycles. The van der Waals surface area contributed by atoms with E-state index in [0.717, 1.165) is 48.2 Å². The Morgan fingerprint density at radius 1 is 1.00 bits per heavy atom. The maximum atomic E-state index is 10.0. The molecule has 2 aromatic rings. The minimum absolute atomic E-state index is 0.428. The van der Waals surface area contributed by atoms with Gasteiger partial charge in [0.25, 0.3) is 0 Å². The van der Waals surface area contributed by atoms with Gasteiger partial charge < -0.3 is 0 Å². The molecule has 0 atom stereocenters. The highest BCUT2D eigenvalue weighted by Crippen LogP contribution is 2.39. The summed E-state index contributed by atoms with van der Waals surface area (Å²) in [6, 6.07) is 4.44. The number of rotatable bonds is 2. The molecule has 4 nitrogen and oxygen atoms in total. The number of nitrogens with zero attached hydrogens (tertiary/aromatic N) is 4. The monoisotopic (exact) mass is 332 g/mol. The van der Waals surface area contributed by atoms with Crippen molar-refractivity contribution in [2.24, 2.45) is 0 Å². The molecule has 2 aliphatic carbocycles. The van der Waals surface area contributed by atoms with E-state index in [2.05, 4.69) is 16.0 Å². The summed E-state index contributed by atoms with van der Waals surface area (Å²) in [6.45, 7) is 0. The van der Waals surface area contributed by atoms with Crippen LogP contribution in [0.25, 0.3) is 11.3 Å². The summed E-state index contributed by atoms with van der Waals surface area (Å²) >= 11 is 0. The van der Waals surface area contributed by atoms with Crippen molar-refractivity contribution >= 4 is 0 Å². The van der Waals surface area contributed by atoms with E-state index < -0.39 is 0 Å². The van der Waals surface area contributed by atoms with E-state index in [1.807, 2.05) is 6.07 Å². The number of fused-ring (bicyclic) bond motifs is 1. The van der Waals surface area contributed by atoms with Crippen LogP contribution >= 0.6 is 0 Å². The van der Waals surface area contributed by atoms with Crippen molar-refractivity contribution in [1.82, 2.24) is 15.0 Å². The number of aryl methyl sites for hydroxylation is 1. The minimum Gasteiger partial charge on any atom is -0.256 e. The molecule has 1 fully saturated rings. The highest BCUT2D eigenvalue weighted by molar-refractivity contribution is 5.73. The molecule has 2 aromatic heterocycles. The predicted molar refractivity (Wildman–Crippen MR) is 97.1 cm³/mol. The minimum atomic E-state index is 0.428. The summed E-state index contributed by atoms with van der Waals surface area (Å²) in [4.78, 5) is 13.6. The lowest BCUT2D eigenvalue weighted by Gasteiger charge is -2.25. The number of aromatic nitrogens is 3. The summed E-state index contributed by atoms with van der Waals surface area (Å²) in [5, 5.41) is 10.0. The molecule has 0 aliphatic heterocycles. The molecule has 0 radical (unpaired) electrons. The fourth-order valence-corrected chi connectivity index (χ4v) is 4.44. The van der Waals surface area contributed by atoms with Gasteiger partial charge >= 0.3 is 0 Å². The van der Waals surface area contributed by atoms with E-state index in [-0.39, 0.29) is 0 Å². The molecule has 1 saturated carbocycles. The molecule has 0 aromatic carbocycles. The first-order chi connectivity index (χ1) is 12.4. The van der Waals surface area contributed by atoms with Crippen LogP contribution < -0.4 is 0 Å². The molecule has 2 aliphatic rings. The van der Waals surface area contributed by atoms with Crippen LogP contribution in [0.3, 0.4) is 0 Å². The Morgan fingerprint density at radius 2 is 1.80 bits per heavy atom. The number of nitriles is 1. The Balaban J connectivity index is 1.94. The van der Waals surface area contributed by atoms with Gasteiger partial charge in [-0.1, -0.05) is 25.7 Å². The Bertz CT molecular complexity index is 786. The smallest absolute Gasteiger partial charge is 0.116 e. The van der Waals surface area contributed by atoms with Gasteiger partial charge in [0.15, 0.2) is 0 Å². The van der Waals surface area contributed by atoms with Gasteiger partial charge in [-0.05, 0) is 50.2 Å². The van der Waals surface area contributed by atoms with E-state index in [9.17, 15) is 5.26 Å². The molecule has 0 spiro atoms. The SMILES string of the molecule is N#Cc1c(C2CCCCC2)nc2c(c1-c1ccncn1)CCCCC2. The highest BCUT2D eigenvalue weighted by Gasteiger charge is 2.27. The van der Waals surface area contributed by atoms with Gasteiger partial charge in [0, 0.05) is 23.4 Å². The second-order valence-electron chi connectivity index (χ2n) is 7.27. The summed E-state index contributed by atoms with van der Waals surface area (Å²) < 4.78 is 0. The van der Waals surface area contributed by atoms with Crippen molar-refractivity contribution in [3.63, 3.8) is 0 Å². The van der Waals surface area contributed by atoms with E-state index >= 15 is 0 Å². The van der Waals surface area contributed by atoms with Crippen molar-refractivity contribution in [2.75, 3.05) is 0 Å². The maximum absolute atomic E-state index is 10.0. The summed E-state index contributed by atoms with van der Waals surface area (Å²) in [5.41, 5.74) is 6.20. The fourth-order valence-electron chi connectivity index (χ4n) is 4.44. The maximum Gasteiger partial charge on any atom is 0.116 e. The molecule has 2 heterocycles. The van der Waals surface area contributed by atoms with E-state index in [1.54, 1.807) is 12.5 Å². The number of hydrogen-bond acceptors (Lipinski definition) is 4. The Hall–Kier alpha value is -2.28. The quantitative estimate of drug-likeness (QED) is 0.746. The third kappa shape index (κ3) is 3.16. The van der Waals surface area contributed by atoms with Gasteiger partial charge in [0.05, 0.1) is 17.0 Å². The van der Waals surface area contributed by atoms with Crippen molar-refractivity contribution in [3.05, 3.63) is 41.1 Å². The average Bonchev–Trinajstić information content (AvgIpc) is 2.93. The lowest BCUT2D eigenvalue weighted by atomic mass is 9.82. The van der Waals surface area contributed by atoms with Gasteiger partial charge in [-0.25, -0.2) is 9.97 Å². The first-order valence-electron chi connectivity index (χ1n) is 9.60. The van der Waals surface area contributed by atoms with Gasteiger partial charge in [-0.3, -0.25) is 4.98 Å². The Morgan fingerprint density at radius 3 is 2.56 bits per heavy atom. The van der Waals surface area contributed by atoms with Crippen LogP contribution in [0.5, 0.6) is 0 Å². The molecular weight excluding hydrogens is 308 g/mol. The van der Waals surface area contributed by atoms with Crippen molar-refractivity contribution in [3.8, 4) is 17.3 Å². The Labute approximate surface area is 149 Å². The zero-order valence-electron chi connectivity index (χ0n) is 14.7. The highest BCUT2D eigenvalue weighted by atomic mass is 14.8. The first-order valence-corrected chi connectivity index (χ1v) is 9.60. The third-order valence-electron chi connectivity index (χ3n) is 5.69. The van der Waals surface area contributed by atoms with Gasteiger partial charge in [0.1, 0.15) is 12.4 Å². The second-order valence-corrected chi connectivity index (χ2v) is 7.27. The van der Waals surface area contributed by atoms with Gasteiger partial charge in [-0.15, -0.1) is 0 Å². The molecule has 0 unspecified atom stereocenters.